The molecule has 0 amide bonds. The zero-order chi connectivity index (χ0) is 14.2. The van der Waals surface area contributed by atoms with Crippen LogP contribution in [-0.4, -0.2) is 26.1 Å². The number of rotatable bonds is 3. The maximum Gasteiger partial charge on any atom is 0.309 e. The maximum absolute atomic E-state index is 13.4. The first-order valence-electron chi connectivity index (χ1n) is 4.86. The quantitative estimate of drug-likeness (QED) is 0.680. The molecule has 0 aliphatic carbocycles. The number of aliphatic carboxylic acids is 1. The van der Waals surface area contributed by atoms with Crippen LogP contribution in [0.3, 0.4) is 0 Å². The highest BCUT2D eigenvalue weighted by Crippen LogP contribution is 2.22. The van der Waals surface area contributed by atoms with E-state index in [1.165, 1.54) is 0 Å². The highest BCUT2D eigenvalue weighted by atomic mass is 19.2. The Bertz CT molecular complexity index is 630. The van der Waals surface area contributed by atoms with Crippen molar-refractivity contribution < 1.29 is 27.5 Å². The van der Waals surface area contributed by atoms with Gasteiger partial charge >= 0.3 is 5.97 Å². The fraction of sp³-hybridized carbons (Fsp3) is 0.100. The van der Waals surface area contributed by atoms with Crippen molar-refractivity contribution in [3.63, 3.8) is 0 Å². The van der Waals surface area contributed by atoms with Crippen molar-refractivity contribution in [1.82, 2.24) is 15.0 Å². The molecule has 1 N–H and O–H groups in total. The van der Waals surface area contributed by atoms with Gasteiger partial charge in [0.1, 0.15) is 5.69 Å². The summed E-state index contributed by atoms with van der Waals surface area (Å²) in [5.41, 5.74) is -1.21. The summed E-state index contributed by atoms with van der Waals surface area (Å²) in [5, 5.41) is 15.1. The molecule has 0 bridgehead atoms. The number of nitrogens with zero attached hydrogens (tertiary/aromatic N) is 3. The lowest BCUT2D eigenvalue weighted by Gasteiger charge is -2.05. The van der Waals surface area contributed by atoms with E-state index in [1.54, 1.807) is 0 Å². The van der Waals surface area contributed by atoms with Gasteiger partial charge in [-0.05, 0) is 0 Å². The van der Waals surface area contributed by atoms with Gasteiger partial charge in [-0.25, -0.2) is 22.2 Å². The second kappa shape index (κ2) is 4.67. The van der Waals surface area contributed by atoms with Crippen LogP contribution in [0.2, 0.25) is 0 Å². The van der Waals surface area contributed by atoms with E-state index in [9.17, 15) is 22.4 Å². The highest BCUT2D eigenvalue weighted by molar-refractivity contribution is 5.69. The summed E-state index contributed by atoms with van der Waals surface area (Å²) in [7, 11) is 0. The number of carboxylic acid groups (broad SMARTS) is 1. The first kappa shape index (κ1) is 13.0. The van der Waals surface area contributed by atoms with Crippen LogP contribution in [0.1, 0.15) is 5.69 Å². The van der Waals surface area contributed by atoms with Gasteiger partial charge in [0.15, 0.2) is 23.3 Å². The lowest BCUT2D eigenvalue weighted by molar-refractivity contribution is -0.136. The first-order chi connectivity index (χ1) is 8.90. The minimum atomic E-state index is -1.65. The van der Waals surface area contributed by atoms with Crippen LogP contribution >= 0.6 is 0 Å². The van der Waals surface area contributed by atoms with Crippen molar-refractivity contribution in [3.05, 3.63) is 41.2 Å². The SMILES string of the molecule is O=C(O)Cc1cn(-c2c(F)c(F)cc(F)c2F)nn1. The van der Waals surface area contributed by atoms with E-state index in [2.05, 4.69) is 10.3 Å². The summed E-state index contributed by atoms with van der Waals surface area (Å²) < 4.78 is 53.2. The van der Waals surface area contributed by atoms with Crippen LogP contribution in [0.15, 0.2) is 12.3 Å². The molecule has 5 nitrogen and oxygen atoms in total. The predicted octanol–water partition coefficient (Wildman–Crippen LogP) is 1.45. The Morgan fingerprint density at radius 2 is 1.79 bits per heavy atom. The van der Waals surface area contributed by atoms with E-state index >= 15 is 0 Å². The molecule has 9 heteroatoms. The van der Waals surface area contributed by atoms with Crippen LogP contribution in [0.4, 0.5) is 17.6 Å². The zero-order valence-corrected chi connectivity index (χ0v) is 9.07. The molecule has 1 heterocycles. The van der Waals surface area contributed by atoms with Gasteiger partial charge in [-0.2, -0.15) is 0 Å². The summed E-state index contributed by atoms with van der Waals surface area (Å²) in [6, 6.07) is 0.0588. The number of hydrogen-bond acceptors (Lipinski definition) is 3. The monoisotopic (exact) mass is 275 g/mol. The van der Waals surface area contributed by atoms with Gasteiger partial charge in [-0.15, -0.1) is 5.10 Å². The molecule has 2 rings (SSSR count). The van der Waals surface area contributed by atoms with Crippen LogP contribution in [0.5, 0.6) is 0 Å². The topological polar surface area (TPSA) is 68.0 Å². The average molecular weight is 275 g/mol. The van der Waals surface area contributed by atoms with E-state index in [0.717, 1.165) is 6.20 Å². The Labute approximate surface area is 103 Å². The second-order valence-electron chi connectivity index (χ2n) is 3.54. The molecule has 0 spiro atoms. The van der Waals surface area contributed by atoms with Gasteiger partial charge in [0.05, 0.1) is 18.3 Å². The molecule has 0 radical (unpaired) electrons. The predicted molar refractivity (Wildman–Crippen MR) is 52.5 cm³/mol. The third-order valence-electron chi connectivity index (χ3n) is 2.19. The highest BCUT2D eigenvalue weighted by Gasteiger charge is 2.22. The Morgan fingerprint density at radius 3 is 2.32 bits per heavy atom. The van der Waals surface area contributed by atoms with Crippen LogP contribution < -0.4 is 0 Å². The van der Waals surface area contributed by atoms with Gasteiger partial charge in [0.2, 0.25) is 0 Å². The fourth-order valence-electron chi connectivity index (χ4n) is 1.41. The van der Waals surface area contributed by atoms with E-state index < -0.39 is 41.3 Å². The lowest BCUT2D eigenvalue weighted by Crippen LogP contribution is -2.07. The summed E-state index contributed by atoms with van der Waals surface area (Å²) in [6.45, 7) is 0. The molecule has 0 fully saturated rings. The summed E-state index contributed by atoms with van der Waals surface area (Å²) in [5.74, 6) is -7.72. The van der Waals surface area contributed by atoms with Crippen molar-refractivity contribution in [2.24, 2.45) is 0 Å². The second-order valence-corrected chi connectivity index (χ2v) is 3.54. The molecule has 2 aromatic rings. The molecule has 100 valence electrons. The first-order valence-corrected chi connectivity index (χ1v) is 4.86. The van der Waals surface area contributed by atoms with E-state index in [4.69, 9.17) is 5.11 Å². The third-order valence-corrected chi connectivity index (χ3v) is 2.19. The van der Waals surface area contributed by atoms with Gasteiger partial charge in [-0.1, -0.05) is 5.21 Å². The largest absolute Gasteiger partial charge is 0.481 e. The lowest BCUT2D eigenvalue weighted by atomic mass is 10.2. The number of benzene rings is 1. The molecular weight excluding hydrogens is 270 g/mol. The van der Waals surface area contributed by atoms with Crippen LogP contribution in [-0.2, 0) is 11.2 Å². The number of carbonyl (C=O) groups is 1. The summed E-state index contributed by atoms with van der Waals surface area (Å²) >= 11 is 0. The molecule has 19 heavy (non-hydrogen) atoms. The van der Waals surface area contributed by atoms with E-state index in [0.29, 0.717) is 4.68 Å². The summed E-state index contributed by atoms with van der Waals surface area (Å²) in [6.07, 6.45) is 0.329. The Morgan fingerprint density at radius 1 is 1.21 bits per heavy atom. The molecule has 1 aromatic heterocycles. The molecule has 0 atom stereocenters. The molecule has 0 saturated carbocycles. The van der Waals surface area contributed by atoms with Crippen molar-refractivity contribution in [2.45, 2.75) is 6.42 Å². The molecule has 0 aliphatic rings. The van der Waals surface area contributed by atoms with Gasteiger partial charge in [-0.3, -0.25) is 4.79 Å². The normalized spacial score (nSPS) is 10.7. The number of carboxylic acids is 1. The standard InChI is InChI=1S/C10H5F4N3O2/c11-5-2-6(12)9(14)10(8(5)13)17-3-4(15-16-17)1-7(18)19/h2-3H,1H2,(H,18,19). The Balaban J connectivity index is 2.53. The molecular formula is C10H5F4N3O2. The van der Waals surface area contributed by atoms with Gasteiger partial charge in [0.25, 0.3) is 0 Å². The van der Waals surface area contributed by atoms with Gasteiger partial charge < -0.3 is 5.11 Å². The maximum atomic E-state index is 13.4. The van der Waals surface area contributed by atoms with Crippen molar-refractivity contribution in [2.75, 3.05) is 0 Å². The summed E-state index contributed by atoms with van der Waals surface area (Å²) in [4.78, 5) is 10.4. The van der Waals surface area contributed by atoms with E-state index in [-0.39, 0.29) is 11.8 Å². The van der Waals surface area contributed by atoms with Crippen LogP contribution in [0.25, 0.3) is 5.69 Å². The average Bonchev–Trinajstić information content (AvgIpc) is 2.74. The van der Waals surface area contributed by atoms with E-state index in [1.807, 2.05) is 0 Å². The third kappa shape index (κ3) is 2.39. The van der Waals surface area contributed by atoms with Crippen molar-refractivity contribution in [1.29, 1.82) is 0 Å². The molecule has 0 saturated heterocycles. The Kier molecular flexibility index (Phi) is 3.19. The molecule has 0 unspecified atom stereocenters. The molecule has 1 aromatic carbocycles. The minimum absolute atomic E-state index is 0.0588. The number of halogens is 4. The number of hydrogen-bond donors (Lipinski definition) is 1. The zero-order valence-electron chi connectivity index (χ0n) is 9.07. The Hall–Kier alpha value is -2.45. The fourth-order valence-corrected chi connectivity index (χ4v) is 1.41. The smallest absolute Gasteiger partial charge is 0.309 e. The van der Waals surface area contributed by atoms with Crippen LogP contribution in [0, 0.1) is 23.3 Å². The van der Waals surface area contributed by atoms with Crippen molar-refractivity contribution in [3.8, 4) is 5.69 Å². The number of aromatic nitrogens is 3. The minimum Gasteiger partial charge on any atom is -0.481 e. The molecule has 0 aliphatic heterocycles. The van der Waals surface area contributed by atoms with Crippen molar-refractivity contribution >= 4 is 5.97 Å². The van der Waals surface area contributed by atoms with Gasteiger partial charge in [0, 0.05) is 6.07 Å².